The van der Waals surface area contributed by atoms with E-state index in [1.54, 1.807) is 20.3 Å². The Morgan fingerprint density at radius 2 is 1.47 bits per heavy atom. The van der Waals surface area contributed by atoms with Crippen molar-refractivity contribution in [3.8, 4) is 34.0 Å². The summed E-state index contributed by atoms with van der Waals surface area (Å²) >= 11 is 0. The van der Waals surface area contributed by atoms with E-state index in [0.29, 0.717) is 6.54 Å². The van der Waals surface area contributed by atoms with Gasteiger partial charge >= 0.3 is 0 Å². The maximum absolute atomic E-state index is 13.8. The molecule has 5 heteroatoms. The van der Waals surface area contributed by atoms with Crippen LogP contribution in [0.3, 0.4) is 0 Å². The molecular formula is C25H23FN2O2. The minimum Gasteiger partial charge on any atom is -0.497 e. The number of aromatic nitrogens is 2. The van der Waals surface area contributed by atoms with Crippen molar-refractivity contribution in [2.75, 3.05) is 14.2 Å². The second kappa shape index (κ2) is 8.41. The number of rotatable bonds is 6. The van der Waals surface area contributed by atoms with Gasteiger partial charge in [0.2, 0.25) is 0 Å². The molecule has 0 bridgehead atoms. The van der Waals surface area contributed by atoms with Gasteiger partial charge in [-0.1, -0.05) is 36.4 Å². The van der Waals surface area contributed by atoms with E-state index in [1.165, 1.54) is 12.1 Å². The summed E-state index contributed by atoms with van der Waals surface area (Å²) in [5.41, 5.74) is 5.67. The molecule has 0 aliphatic carbocycles. The molecule has 0 aliphatic rings. The highest BCUT2D eigenvalue weighted by molar-refractivity contribution is 5.75. The van der Waals surface area contributed by atoms with Crippen LogP contribution in [0, 0.1) is 12.7 Å². The topological polar surface area (TPSA) is 36.3 Å². The SMILES string of the molecule is COc1cccc(-c2nn(Cc3cccc(F)c3)c(-c3cccc(OC)c3)c2C)c1. The monoisotopic (exact) mass is 402 g/mol. The molecule has 0 saturated heterocycles. The van der Waals surface area contributed by atoms with Crippen molar-refractivity contribution in [1.29, 1.82) is 0 Å². The van der Waals surface area contributed by atoms with Gasteiger partial charge in [0.25, 0.3) is 0 Å². The summed E-state index contributed by atoms with van der Waals surface area (Å²) in [5.74, 6) is 1.29. The summed E-state index contributed by atoms with van der Waals surface area (Å²) in [6.07, 6.45) is 0. The Balaban J connectivity index is 1.88. The van der Waals surface area contributed by atoms with E-state index in [2.05, 4.69) is 6.92 Å². The van der Waals surface area contributed by atoms with Crippen LogP contribution in [0.5, 0.6) is 11.5 Å². The Labute approximate surface area is 175 Å². The number of ether oxygens (including phenoxy) is 2. The molecule has 1 heterocycles. The summed E-state index contributed by atoms with van der Waals surface area (Å²) in [5, 5.41) is 4.91. The number of halogens is 1. The van der Waals surface area contributed by atoms with Gasteiger partial charge in [-0.15, -0.1) is 0 Å². The molecule has 4 rings (SSSR count). The van der Waals surface area contributed by atoms with E-state index in [0.717, 1.165) is 45.1 Å². The second-order valence-corrected chi connectivity index (χ2v) is 7.07. The zero-order valence-corrected chi connectivity index (χ0v) is 17.2. The van der Waals surface area contributed by atoms with Crippen molar-refractivity contribution in [3.05, 3.63) is 89.7 Å². The van der Waals surface area contributed by atoms with E-state index in [-0.39, 0.29) is 5.82 Å². The lowest BCUT2D eigenvalue weighted by Gasteiger charge is -2.10. The quantitative estimate of drug-likeness (QED) is 0.413. The van der Waals surface area contributed by atoms with Crippen LogP contribution >= 0.6 is 0 Å². The Morgan fingerprint density at radius 3 is 2.13 bits per heavy atom. The fourth-order valence-corrected chi connectivity index (χ4v) is 3.65. The van der Waals surface area contributed by atoms with Gasteiger partial charge < -0.3 is 9.47 Å². The molecule has 4 nitrogen and oxygen atoms in total. The zero-order valence-electron chi connectivity index (χ0n) is 17.2. The number of benzene rings is 3. The molecule has 0 unspecified atom stereocenters. The van der Waals surface area contributed by atoms with Crippen LogP contribution in [-0.2, 0) is 6.54 Å². The molecule has 0 saturated carbocycles. The summed E-state index contributed by atoms with van der Waals surface area (Å²) in [7, 11) is 3.30. The standard InChI is InChI=1S/C25H23FN2O2/c1-17-24(19-8-5-11-22(14-19)29-2)27-28(16-18-7-4-10-21(26)13-18)25(17)20-9-6-12-23(15-20)30-3/h4-15H,16H2,1-3H3. The van der Waals surface area contributed by atoms with Crippen LogP contribution in [0.1, 0.15) is 11.1 Å². The van der Waals surface area contributed by atoms with Crippen LogP contribution in [0.4, 0.5) is 4.39 Å². The lowest BCUT2D eigenvalue weighted by atomic mass is 10.0. The lowest BCUT2D eigenvalue weighted by Crippen LogP contribution is -2.04. The molecule has 3 aromatic carbocycles. The van der Waals surface area contributed by atoms with Gasteiger partial charge in [0.1, 0.15) is 17.3 Å². The molecule has 0 radical (unpaired) electrons. The molecule has 0 aliphatic heterocycles. The average molecular weight is 402 g/mol. The fraction of sp³-hybridized carbons (Fsp3) is 0.160. The van der Waals surface area contributed by atoms with Crippen LogP contribution in [0.2, 0.25) is 0 Å². The van der Waals surface area contributed by atoms with E-state index in [4.69, 9.17) is 14.6 Å². The third kappa shape index (κ3) is 3.92. The van der Waals surface area contributed by atoms with Crippen molar-refractivity contribution < 1.29 is 13.9 Å². The molecule has 0 atom stereocenters. The first-order valence-corrected chi connectivity index (χ1v) is 9.69. The molecule has 4 aromatic rings. The van der Waals surface area contributed by atoms with Gasteiger partial charge in [0.15, 0.2) is 0 Å². The minimum absolute atomic E-state index is 0.257. The Hall–Kier alpha value is -3.60. The third-order valence-electron chi connectivity index (χ3n) is 5.10. The van der Waals surface area contributed by atoms with Crippen molar-refractivity contribution >= 4 is 0 Å². The molecule has 0 spiro atoms. The normalized spacial score (nSPS) is 10.8. The Morgan fingerprint density at radius 1 is 0.833 bits per heavy atom. The van der Waals surface area contributed by atoms with Gasteiger partial charge in [-0.05, 0) is 48.9 Å². The first-order chi connectivity index (χ1) is 14.6. The first kappa shape index (κ1) is 19.7. The summed E-state index contributed by atoms with van der Waals surface area (Å²) in [4.78, 5) is 0. The highest BCUT2D eigenvalue weighted by Crippen LogP contribution is 2.34. The Bertz CT molecular complexity index is 1180. The largest absolute Gasteiger partial charge is 0.497 e. The van der Waals surface area contributed by atoms with Crippen LogP contribution in [0.25, 0.3) is 22.5 Å². The van der Waals surface area contributed by atoms with Gasteiger partial charge in [0.05, 0.1) is 32.2 Å². The smallest absolute Gasteiger partial charge is 0.123 e. The highest BCUT2D eigenvalue weighted by atomic mass is 19.1. The van der Waals surface area contributed by atoms with Gasteiger partial charge in [0, 0.05) is 16.7 Å². The molecular weight excluding hydrogens is 379 g/mol. The number of hydrogen-bond donors (Lipinski definition) is 0. The van der Waals surface area contributed by atoms with Gasteiger partial charge in [-0.25, -0.2) is 4.39 Å². The average Bonchev–Trinajstić information content (AvgIpc) is 3.09. The van der Waals surface area contributed by atoms with Crippen LogP contribution in [-0.4, -0.2) is 24.0 Å². The predicted molar refractivity (Wildman–Crippen MR) is 116 cm³/mol. The van der Waals surface area contributed by atoms with Crippen molar-refractivity contribution in [1.82, 2.24) is 9.78 Å². The molecule has 0 N–H and O–H groups in total. The van der Waals surface area contributed by atoms with Crippen molar-refractivity contribution in [2.24, 2.45) is 0 Å². The van der Waals surface area contributed by atoms with E-state index in [9.17, 15) is 4.39 Å². The molecule has 30 heavy (non-hydrogen) atoms. The maximum Gasteiger partial charge on any atom is 0.123 e. The third-order valence-corrected chi connectivity index (χ3v) is 5.10. The summed E-state index contributed by atoms with van der Waals surface area (Å²) in [6.45, 7) is 2.51. The highest BCUT2D eigenvalue weighted by Gasteiger charge is 2.18. The zero-order chi connectivity index (χ0) is 21.1. The van der Waals surface area contributed by atoms with Crippen molar-refractivity contribution in [2.45, 2.75) is 13.5 Å². The Kier molecular flexibility index (Phi) is 5.53. The van der Waals surface area contributed by atoms with E-state index >= 15 is 0 Å². The fourth-order valence-electron chi connectivity index (χ4n) is 3.65. The first-order valence-electron chi connectivity index (χ1n) is 9.69. The number of hydrogen-bond acceptors (Lipinski definition) is 3. The molecule has 0 fully saturated rings. The summed E-state index contributed by atoms with van der Waals surface area (Å²) < 4.78 is 26.5. The van der Waals surface area contributed by atoms with Crippen molar-refractivity contribution in [3.63, 3.8) is 0 Å². The second-order valence-electron chi connectivity index (χ2n) is 7.07. The van der Waals surface area contributed by atoms with Gasteiger partial charge in [-0.2, -0.15) is 5.10 Å². The molecule has 0 amide bonds. The maximum atomic E-state index is 13.8. The molecule has 1 aromatic heterocycles. The molecule has 152 valence electrons. The number of nitrogens with zero attached hydrogens (tertiary/aromatic N) is 2. The number of methoxy groups -OCH3 is 2. The lowest BCUT2D eigenvalue weighted by molar-refractivity contribution is 0.415. The van der Waals surface area contributed by atoms with E-state index in [1.807, 2.05) is 59.3 Å². The summed E-state index contributed by atoms with van der Waals surface area (Å²) in [6, 6.07) is 22.3. The van der Waals surface area contributed by atoms with Crippen LogP contribution in [0.15, 0.2) is 72.8 Å². The van der Waals surface area contributed by atoms with Gasteiger partial charge in [-0.3, -0.25) is 4.68 Å². The minimum atomic E-state index is -0.257. The predicted octanol–water partition coefficient (Wildman–Crippen LogP) is 5.73. The van der Waals surface area contributed by atoms with Crippen LogP contribution < -0.4 is 9.47 Å². The van der Waals surface area contributed by atoms with E-state index < -0.39 is 0 Å².